The molecule has 12 heteroatoms. The van der Waals surface area contributed by atoms with Gasteiger partial charge in [0.15, 0.2) is 16.9 Å². The van der Waals surface area contributed by atoms with E-state index in [4.69, 9.17) is 10.5 Å². The molecule has 32 heavy (non-hydrogen) atoms. The standard InChI is InChI=1S/C20H20F3N7O2/c1-11(2)8-30-9-14(7-25-30)12-3-4-13(15(5-12)32-20(21,22)23)10-31-16-6-17(24)26-19-18(16)27-29-28-19/h3-7,9,11H,8,10H2,1-2H3,(H3,24,26,27,28,29). The minimum atomic E-state index is -4.87. The van der Waals surface area contributed by atoms with Gasteiger partial charge in [-0.3, -0.25) is 4.68 Å². The van der Waals surface area contributed by atoms with Crippen molar-refractivity contribution in [1.82, 2.24) is 30.2 Å². The van der Waals surface area contributed by atoms with Gasteiger partial charge in [-0.25, -0.2) is 10.1 Å². The SMILES string of the molecule is CC(C)Cn1cc(-c2ccc(COc3cc(N)nc4[nH]nnc34)c(OC(F)(F)F)c2)cn1. The van der Waals surface area contributed by atoms with Gasteiger partial charge in [-0.2, -0.15) is 5.10 Å². The first-order chi connectivity index (χ1) is 15.2. The molecular weight excluding hydrogens is 427 g/mol. The van der Waals surface area contributed by atoms with Gasteiger partial charge in [0.05, 0.1) is 6.20 Å². The number of rotatable bonds is 7. The molecule has 0 spiro atoms. The van der Waals surface area contributed by atoms with Crippen LogP contribution in [0.5, 0.6) is 11.5 Å². The highest BCUT2D eigenvalue weighted by molar-refractivity contribution is 5.78. The van der Waals surface area contributed by atoms with Crippen molar-refractivity contribution in [3.8, 4) is 22.6 Å². The summed E-state index contributed by atoms with van der Waals surface area (Å²) in [5, 5.41) is 14.3. The molecule has 9 nitrogen and oxygen atoms in total. The molecular formula is C20H20F3N7O2. The molecule has 0 atom stereocenters. The number of nitrogens with one attached hydrogen (secondary N) is 1. The van der Waals surface area contributed by atoms with Crippen LogP contribution in [0.15, 0.2) is 36.7 Å². The van der Waals surface area contributed by atoms with Crippen LogP contribution in [0.25, 0.3) is 22.3 Å². The molecule has 4 rings (SSSR count). The Kier molecular flexibility index (Phi) is 5.59. The monoisotopic (exact) mass is 447 g/mol. The molecule has 0 bridgehead atoms. The summed E-state index contributed by atoms with van der Waals surface area (Å²) in [5.74, 6) is 0.396. The predicted octanol–water partition coefficient (Wildman–Crippen LogP) is 3.93. The second-order valence-corrected chi connectivity index (χ2v) is 7.56. The van der Waals surface area contributed by atoms with Gasteiger partial charge in [0, 0.05) is 29.9 Å². The van der Waals surface area contributed by atoms with Gasteiger partial charge < -0.3 is 15.2 Å². The van der Waals surface area contributed by atoms with Crippen LogP contribution in [-0.4, -0.2) is 36.5 Å². The summed E-state index contributed by atoms with van der Waals surface area (Å²) in [4.78, 5) is 4.02. The number of alkyl halides is 3. The molecule has 0 radical (unpaired) electrons. The number of hydrogen-bond acceptors (Lipinski definition) is 7. The van der Waals surface area contributed by atoms with E-state index in [0.717, 1.165) is 0 Å². The van der Waals surface area contributed by atoms with E-state index in [0.29, 0.717) is 34.8 Å². The lowest BCUT2D eigenvalue weighted by Gasteiger charge is -2.15. The van der Waals surface area contributed by atoms with Crippen molar-refractivity contribution in [1.29, 1.82) is 0 Å². The lowest BCUT2D eigenvalue weighted by molar-refractivity contribution is -0.275. The van der Waals surface area contributed by atoms with Crippen molar-refractivity contribution in [2.45, 2.75) is 33.4 Å². The molecule has 4 aromatic rings. The van der Waals surface area contributed by atoms with Crippen LogP contribution < -0.4 is 15.2 Å². The Morgan fingerprint density at radius 3 is 2.72 bits per heavy atom. The molecule has 0 aliphatic heterocycles. The van der Waals surface area contributed by atoms with E-state index in [2.05, 4.69) is 44.1 Å². The highest BCUT2D eigenvalue weighted by atomic mass is 19.4. The van der Waals surface area contributed by atoms with Crippen LogP contribution in [0.2, 0.25) is 0 Å². The molecule has 168 valence electrons. The van der Waals surface area contributed by atoms with Crippen LogP contribution >= 0.6 is 0 Å². The van der Waals surface area contributed by atoms with Crippen molar-refractivity contribution in [2.75, 3.05) is 5.73 Å². The van der Waals surface area contributed by atoms with E-state index < -0.39 is 6.36 Å². The van der Waals surface area contributed by atoms with Crippen molar-refractivity contribution < 1.29 is 22.6 Å². The zero-order chi connectivity index (χ0) is 22.9. The maximum absolute atomic E-state index is 13.1. The third-order valence-electron chi connectivity index (χ3n) is 4.48. The van der Waals surface area contributed by atoms with Crippen LogP contribution in [0.3, 0.4) is 0 Å². The first-order valence-electron chi connectivity index (χ1n) is 9.69. The summed E-state index contributed by atoms with van der Waals surface area (Å²) in [7, 11) is 0. The quantitative estimate of drug-likeness (QED) is 0.441. The van der Waals surface area contributed by atoms with Crippen LogP contribution in [0.1, 0.15) is 19.4 Å². The number of fused-ring (bicyclic) bond motifs is 1. The van der Waals surface area contributed by atoms with E-state index in [1.54, 1.807) is 23.1 Å². The summed E-state index contributed by atoms with van der Waals surface area (Å²) >= 11 is 0. The zero-order valence-electron chi connectivity index (χ0n) is 17.2. The molecule has 0 aliphatic rings. The summed E-state index contributed by atoms with van der Waals surface area (Å²) in [6.45, 7) is 4.58. The number of H-pyrrole nitrogens is 1. The molecule has 3 aromatic heterocycles. The number of hydrogen-bond donors (Lipinski definition) is 2. The first-order valence-corrected chi connectivity index (χ1v) is 9.69. The van der Waals surface area contributed by atoms with Gasteiger partial charge in [-0.15, -0.1) is 18.3 Å². The third kappa shape index (κ3) is 4.90. The highest BCUT2D eigenvalue weighted by Gasteiger charge is 2.32. The fourth-order valence-corrected chi connectivity index (χ4v) is 3.16. The molecule has 3 heterocycles. The average molecular weight is 447 g/mol. The number of nitrogens with two attached hydrogens (primary N) is 1. The van der Waals surface area contributed by atoms with Crippen molar-refractivity contribution in [3.05, 3.63) is 42.2 Å². The lowest BCUT2D eigenvalue weighted by atomic mass is 10.1. The van der Waals surface area contributed by atoms with Gasteiger partial charge in [0.2, 0.25) is 0 Å². The van der Waals surface area contributed by atoms with Gasteiger partial charge in [-0.1, -0.05) is 31.2 Å². The number of pyridine rings is 1. The lowest BCUT2D eigenvalue weighted by Crippen LogP contribution is -2.18. The van der Waals surface area contributed by atoms with Gasteiger partial charge in [0.1, 0.15) is 18.2 Å². The van der Waals surface area contributed by atoms with Gasteiger partial charge in [-0.05, 0) is 17.5 Å². The second-order valence-electron chi connectivity index (χ2n) is 7.56. The predicted molar refractivity (Wildman–Crippen MR) is 110 cm³/mol. The molecule has 0 saturated heterocycles. The first kappa shape index (κ1) is 21.4. The fraction of sp³-hybridized carbons (Fsp3) is 0.300. The van der Waals surface area contributed by atoms with Crippen LogP contribution in [0, 0.1) is 5.92 Å². The van der Waals surface area contributed by atoms with E-state index in [1.165, 1.54) is 18.2 Å². The Labute approximate surface area is 180 Å². The average Bonchev–Trinajstić information content (AvgIpc) is 3.34. The van der Waals surface area contributed by atoms with Gasteiger partial charge >= 0.3 is 6.36 Å². The third-order valence-corrected chi connectivity index (χ3v) is 4.48. The van der Waals surface area contributed by atoms with Crippen LogP contribution in [-0.2, 0) is 13.2 Å². The number of benzene rings is 1. The summed E-state index contributed by atoms with van der Waals surface area (Å²) in [5.41, 5.74) is 7.75. The normalized spacial score (nSPS) is 11.9. The topological polar surface area (TPSA) is 117 Å². The van der Waals surface area contributed by atoms with Gasteiger partial charge in [0.25, 0.3) is 0 Å². The fourth-order valence-electron chi connectivity index (χ4n) is 3.16. The molecule has 0 unspecified atom stereocenters. The largest absolute Gasteiger partial charge is 0.573 e. The Morgan fingerprint density at radius 2 is 1.97 bits per heavy atom. The number of nitrogen functional groups attached to an aromatic ring is 1. The van der Waals surface area contributed by atoms with Crippen molar-refractivity contribution in [2.24, 2.45) is 5.92 Å². The number of nitrogens with zero attached hydrogens (tertiary/aromatic N) is 5. The zero-order valence-corrected chi connectivity index (χ0v) is 17.2. The van der Waals surface area contributed by atoms with E-state index in [-0.39, 0.29) is 29.5 Å². The minimum Gasteiger partial charge on any atom is -0.486 e. The maximum atomic E-state index is 13.1. The maximum Gasteiger partial charge on any atom is 0.573 e. The smallest absolute Gasteiger partial charge is 0.486 e. The summed E-state index contributed by atoms with van der Waals surface area (Å²) in [6, 6.07) is 5.94. The number of ether oxygens (including phenoxy) is 2. The number of aromatic nitrogens is 6. The number of anilines is 1. The van der Waals surface area contributed by atoms with E-state index in [9.17, 15) is 13.2 Å². The minimum absolute atomic E-state index is 0.152. The Hall–Kier alpha value is -3.83. The summed E-state index contributed by atoms with van der Waals surface area (Å²) in [6.07, 6.45) is -1.48. The number of aromatic amines is 1. The highest BCUT2D eigenvalue weighted by Crippen LogP contribution is 2.33. The second kappa shape index (κ2) is 8.36. The van der Waals surface area contributed by atoms with E-state index >= 15 is 0 Å². The molecule has 1 aromatic carbocycles. The molecule has 0 aliphatic carbocycles. The summed E-state index contributed by atoms with van der Waals surface area (Å²) < 4.78 is 50.9. The van der Waals surface area contributed by atoms with E-state index in [1.807, 2.05) is 0 Å². The molecule has 0 amide bonds. The Balaban J connectivity index is 1.62. The molecule has 3 N–H and O–H groups in total. The van der Waals surface area contributed by atoms with Crippen molar-refractivity contribution in [3.63, 3.8) is 0 Å². The Bertz CT molecular complexity index is 1230. The van der Waals surface area contributed by atoms with Crippen molar-refractivity contribution >= 4 is 17.0 Å². The Morgan fingerprint density at radius 1 is 1.16 bits per heavy atom. The van der Waals surface area contributed by atoms with Crippen LogP contribution in [0.4, 0.5) is 19.0 Å². The number of halogens is 3. The molecule has 0 fully saturated rings. The molecule has 0 saturated carbocycles.